The number of carboxylic acid groups (broad SMARTS) is 1. The third-order valence-corrected chi connectivity index (χ3v) is 2.50. The number of aromatic nitrogens is 1. The first-order valence-electron chi connectivity index (χ1n) is 5.39. The maximum absolute atomic E-state index is 12.2. The van der Waals surface area contributed by atoms with Crippen molar-refractivity contribution in [3.05, 3.63) is 54.2 Å². The summed E-state index contributed by atoms with van der Waals surface area (Å²) < 4.78 is 5.13. The number of carbonyl (C=O) groups excluding carboxylic acids is 1. The molecular formula is C13H11NO4. The van der Waals surface area contributed by atoms with Crippen LogP contribution >= 0.6 is 0 Å². The number of nitrogens with zero attached hydrogens (tertiary/aromatic N) is 1. The molecule has 2 aromatic rings. The SMILES string of the molecule is O=C(O)CC(C(=O)c1ccccn1)c1ccco1. The molecule has 18 heavy (non-hydrogen) atoms. The lowest BCUT2D eigenvalue weighted by Crippen LogP contribution is -2.17. The first-order valence-corrected chi connectivity index (χ1v) is 5.39. The van der Waals surface area contributed by atoms with E-state index >= 15 is 0 Å². The molecule has 0 saturated heterocycles. The Bertz CT molecular complexity index is 533. The fourth-order valence-electron chi connectivity index (χ4n) is 1.67. The number of Topliss-reactive ketones (excluding diaryl/α,β-unsaturated/α-hetero) is 1. The molecule has 0 radical (unpaired) electrons. The number of hydrogen-bond donors (Lipinski definition) is 1. The molecule has 5 nitrogen and oxygen atoms in total. The molecule has 0 aliphatic rings. The molecule has 92 valence electrons. The lowest BCUT2D eigenvalue weighted by Gasteiger charge is -2.10. The van der Waals surface area contributed by atoms with Gasteiger partial charge in [-0.05, 0) is 24.3 Å². The summed E-state index contributed by atoms with van der Waals surface area (Å²) in [5.41, 5.74) is 0.236. The van der Waals surface area contributed by atoms with Gasteiger partial charge in [-0.2, -0.15) is 0 Å². The molecule has 0 bridgehead atoms. The van der Waals surface area contributed by atoms with E-state index in [-0.39, 0.29) is 17.9 Å². The topological polar surface area (TPSA) is 80.4 Å². The molecule has 1 atom stereocenters. The summed E-state index contributed by atoms with van der Waals surface area (Å²) in [6.45, 7) is 0. The average molecular weight is 245 g/mol. The van der Waals surface area contributed by atoms with Crippen LogP contribution < -0.4 is 0 Å². The molecule has 0 spiro atoms. The Balaban J connectivity index is 2.30. The molecule has 2 aromatic heterocycles. The summed E-state index contributed by atoms with van der Waals surface area (Å²) in [6, 6.07) is 8.14. The molecule has 0 aromatic carbocycles. The van der Waals surface area contributed by atoms with Crippen molar-refractivity contribution in [2.75, 3.05) is 0 Å². The first kappa shape index (κ1) is 12.0. The number of carboxylic acids is 1. The molecule has 0 amide bonds. The number of pyridine rings is 1. The molecule has 0 saturated carbocycles. The van der Waals surface area contributed by atoms with E-state index in [4.69, 9.17) is 9.52 Å². The Morgan fingerprint density at radius 2 is 2.11 bits per heavy atom. The summed E-state index contributed by atoms with van der Waals surface area (Å²) in [6.07, 6.45) is 2.59. The fraction of sp³-hybridized carbons (Fsp3) is 0.154. The molecule has 1 unspecified atom stereocenters. The van der Waals surface area contributed by atoms with Crippen molar-refractivity contribution in [2.24, 2.45) is 0 Å². The van der Waals surface area contributed by atoms with Crippen molar-refractivity contribution in [1.82, 2.24) is 4.98 Å². The van der Waals surface area contributed by atoms with Gasteiger partial charge < -0.3 is 9.52 Å². The third kappa shape index (κ3) is 2.63. The highest BCUT2D eigenvalue weighted by Crippen LogP contribution is 2.24. The third-order valence-electron chi connectivity index (χ3n) is 2.50. The minimum atomic E-state index is -1.05. The number of aliphatic carboxylic acids is 1. The van der Waals surface area contributed by atoms with E-state index in [1.165, 1.54) is 12.5 Å². The quantitative estimate of drug-likeness (QED) is 0.816. The maximum Gasteiger partial charge on any atom is 0.304 e. The Hall–Kier alpha value is -2.43. The van der Waals surface area contributed by atoms with Crippen molar-refractivity contribution in [3.8, 4) is 0 Å². The van der Waals surface area contributed by atoms with Crippen LogP contribution in [0.15, 0.2) is 47.2 Å². The zero-order valence-electron chi connectivity index (χ0n) is 9.45. The van der Waals surface area contributed by atoms with E-state index in [2.05, 4.69) is 4.98 Å². The van der Waals surface area contributed by atoms with E-state index in [9.17, 15) is 9.59 Å². The second-order valence-corrected chi connectivity index (χ2v) is 3.75. The first-order chi connectivity index (χ1) is 8.68. The van der Waals surface area contributed by atoms with E-state index in [1.807, 2.05) is 0 Å². The highest BCUT2D eigenvalue weighted by Gasteiger charge is 2.27. The smallest absolute Gasteiger partial charge is 0.304 e. The zero-order chi connectivity index (χ0) is 13.0. The van der Waals surface area contributed by atoms with Crippen molar-refractivity contribution in [3.63, 3.8) is 0 Å². The van der Waals surface area contributed by atoms with Gasteiger partial charge in [-0.25, -0.2) is 0 Å². The van der Waals surface area contributed by atoms with Gasteiger partial charge in [-0.3, -0.25) is 14.6 Å². The van der Waals surface area contributed by atoms with Gasteiger partial charge in [0.05, 0.1) is 18.6 Å². The minimum Gasteiger partial charge on any atom is -0.481 e. The van der Waals surface area contributed by atoms with Crippen LogP contribution in [-0.2, 0) is 4.79 Å². The highest BCUT2D eigenvalue weighted by atomic mass is 16.4. The molecule has 2 rings (SSSR count). The second-order valence-electron chi connectivity index (χ2n) is 3.75. The second kappa shape index (κ2) is 5.27. The standard InChI is InChI=1S/C13H11NO4/c15-12(16)8-9(11-5-3-7-18-11)13(17)10-4-1-2-6-14-10/h1-7,9H,8H2,(H,15,16). The van der Waals surface area contributed by atoms with E-state index < -0.39 is 11.9 Å². The molecule has 0 aliphatic heterocycles. The summed E-state index contributed by atoms with van der Waals surface area (Å²) in [4.78, 5) is 27.0. The van der Waals surface area contributed by atoms with Gasteiger partial charge in [-0.1, -0.05) is 6.07 Å². The highest BCUT2D eigenvalue weighted by molar-refractivity contribution is 6.00. The molecular weight excluding hydrogens is 234 g/mol. The van der Waals surface area contributed by atoms with Crippen LogP contribution in [-0.4, -0.2) is 21.8 Å². The van der Waals surface area contributed by atoms with Crippen LogP contribution in [0.4, 0.5) is 0 Å². The minimum absolute atomic E-state index is 0.236. The number of carbonyl (C=O) groups is 2. The largest absolute Gasteiger partial charge is 0.481 e. The average Bonchev–Trinajstić information content (AvgIpc) is 2.89. The van der Waals surface area contributed by atoms with Crippen LogP contribution in [0.5, 0.6) is 0 Å². The number of hydrogen-bond acceptors (Lipinski definition) is 4. The Labute approximate surface area is 103 Å². The molecule has 0 aliphatic carbocycles. The van der Waals surface area contributed by atoms with Crippen LogP contribution in [0.2, 0.25) is 0 Å². The van der Waals surface area contributed by atoms with Crippen molar-refractivity contribution >= 4 is 11.8 Å². The monoisotopic (exact) mass is 245 g/mol. The predicted molar refractivity (Wildman–Crippen MR) is 62.3 cm³/mol. The lowest BCUT2D eigenvalue weighted by atomic mass is 9.95. The lowest BCUT2D eigenvalue weighted by molar-refractivity contribution is -0.137. The summed E-state index contributed by atoms with van der Waals surface area (Å²) >= 11 is 0. The summed E-state index contributed by atoms with van der Waals surface area (Å²) in [7, 11) is 0. The van der Waals surface area contributed by atoms with Crippen molar-refractivity contribution in [1.29, 1.82) is 0 Å². The number of ketones is 1. The molecule has 0 fully saturated rings. The van der Waals surface area contributed by atoms with Crippen LogP contribution in [0.1, 0.15) is 28.6 Å². The van der Waals surface area contributed by atoms with Gasteiger partial charge in [-0.15, -0.1) is 0 Å². The Morgan fingerprint density at radius 3 is 2.67 bits per heavy atom. The van der Waals surface area contributed by atoms with E-state index in [0.29, 0.717) is 5.76 Å². The normalized spacial score (nSPS) is 12.0. The Kier molecular flexibility index (Phi) is 3.52. The fourth-order valence-corrected chi connectivity index (χ4v) is 1.67. The van der Waals surface area contributed by atoms with Gasteiger partial charge >= 0.3 is 5.97 Å². The zero-order valence-corrected chi connectivity index (χ0v) is 9.45. The van der Waals surface area contributed by atoms with Crippen LogP contribution in [0, 0.1) is 0 Å². The van der Waals surface area contributed by atoms with Crippen molar-refractivity contribution < 1.29 is 19.1 Å². The molecule has 5 heteroatoms. The van der Waals surface area contributed by atoms with E-state index in [0.717, 1.165) is 0 Å². The van der Waals surface area contributed by atoms with Gasteiger partial charge in [0.15, 0.2) is 5.78 Å². The van der Waals surface area contributed by atoms with E-state index in [1.54, 1.807) is 30.3 Å². The molecule has 1 N–H and O–H groups in total. The van der Waals surface area contributed by atoms with Crippen LogP contribution in [0.25, 0.3) is 0 Å². The van der Waals surface area contributed by atoms with Crippen LogP contribution in [0.3, 0.4) is 0 Å². The van der Waals surface area contributed by atoms with Gasteiger partial charge in [0.2, 0.25) is 0 Å². The maximum atomic E-state index is 12.2. The number of furan rings is 1. The summed E-state index contributed by atoms with van der Waals surface area (Å²) in [5, 5.41) is 8.86. The van der Waals surface area contributed by atoms with Crippen molar-refractivity contribution in [2.45, 2.75) is 12.3 Å². The van der Waals surface area contributed by atoms with Gasteiger partial charge in [0, 0.05) is 6.20 Å². The predicted octanol–water partition coefficient (Wildman–Crippen LogP) is 2.12. The number of rotatable bonds is 5. The molecule has 2 heterocycles. The van der Waals surface area contributed by atoms with Gasteiger partial charge in [0.1, 0.15) is 11.5 Å². The summed E-state index contributed by atoms with van der Waals surface area (Å²) in [5.74, 6) is -1.91. The Morgan fingerprint density at radius 1 is 1.28 bits per heavy atom. The van der Waals surface area contributed by atoms with Gasteiger partial charge in [0.25, 0.3) is 0 Å².